The molecule has 0 bridgehead atoms. The van der Waals surface area contributed by atoms with Crippen molar-refractivity contribution < 1.29 is 9.90 Å². The van der Waals surface area contributed by atoms with E-state index in [2.05, 4.69) is 0 Å². The molecule has 0 fully saturated rings. The normalized spacial score (nSPS) is 11.9. The highest BCUT2D eigenvalue weighted by Crippen LogP contribution is 2.33. The topological polar surface area (TPSA) is 37.3 Å². The molecule has 0 aliphatic carbocycles. The first-order valence-corrected chi connectivity index (χ1v) is 6.55. The second kappa shape index (κ2) is 4.31. The van der Waals surface area contributed by atoms with Gasteiger partial charge in [-0.05, 0) is 48.7 Å². The number of halogens is 1. The molecule has 2 nitrogen and oxygen atoms in total. The van der Waals surface area contributed by atoms with E-state index in [0.29, 0.717) is 11.4 Å². The van der Waals surface area contributed by atoms with Crippen molar-refractivity contribution in [3.8, 4) is 0 Å². The predicted molar refractivity (Wildman–Crippen MR) is 72.0 cm³/mol. The van der Waals surface area contributed by atoms with E-state index >= 15 is 0 Å². The first-order valence-electron chi connectivity index (χ1n) is 5.29. The number of benzene rings is 1. The molecule has 0 aliphatic rings. The summed E-state index contributed by atoms with van der Waals surface area (Å²) in [5, 5.41) is 13.0. The standard InChI is InChI=1S/C13H13ClO2S/c1-13(2,12(15)16)6-8-7-17-11-5-9(14)3-4-10(8)11/h3-5,7H,6H2,1-2H3,(H,15,16). The van der Waals surface area contributed by atoms with Crippen LogP contribution in [0.3, 0.4) is 0 Å². The summed E-state index contributed by atoms with van der Waals surface area (Å²) in [6.07, 6.45) is 0.532. The number of carboxylic acid groups (broad SMARTS) is 1. The molecule has 1 aromatic carbocycles. The Labute approximate surface area is 109 Å². The van der Waals surface area contributed by atoms with Gasteiger partial charge in [0.1, 0.15) is 0 Å². The van der Waals surface area contributed by atoms with Crippen LogP contribution in [0.5, 0.6) is 0 Å². The van der Waals surface area contributed by atoms with Crippen LogP contribution in [-0.4, -0.2) is 11.1 Å². The van der Waals surface area contributed by atoms with Gasteiger partial charge >= 0.3 is 5.97 Å². The SMILES string of the molecule is CC(C)(Cc1csc2cc(Cl)ccc12)C(=O)O. The number of carboxylic acids is 1. The van der Waals surface area contributed by atoms with E-state index in [-0.39, 0.29) is 0 Å². The Balaban J connectivity index is 2.41. The molecular weight excluding hydrogens is 256 g/mol. The zero-order valence-corrected chi connectivity index (χ0v) is 11.2. The number of aliphatic carboxylic acids is 1. The molecule has 0 radical (unpaired) electrons. The highest BCUT2D eigenvalue weighted by molar-refractivity contribution is 7.17. The maximum atomic E-state index is 11.1. The smallest absolute Gasteiger partial charge is 0.309 e. The fourth-order valence-electron chi connectivity index (χ4n) is 1.75. The highest BCUT2D eigenvalue weighted by Gasteiger charge is 2.28. The third kappa shape index (κ3) is 2.45. The highest BCUT2D eigenvalue weighted by atomic mass is 35.5. The van der Waals surface area contributed by atoms with Gasteiger partial charge in [-0.25, -0.2) is 0 Å². The van der Waals surface area contributed by atoms with Gasteiger partial charge < -0.3 is 5.11 Å². The van der Waals surface area contributed by atoms with Crippen molar-refractivity contribution in [1.82, 2.24) is 0 Å². The van der Waals surface area contributed by atoms with Crippen molar-refractivity contribution in [3.05, 3.63) is 34.2 Å². The van der Waals surface area contributed by atoms with Gasteiger partial charge in [-0.15, -0.1) is 11.3 Å². The van der Waals surface area contributed by atoms with Crippen molar-refractivity contribution in [2.24, 2.45) is 5.41 Å². The van der Waals surface area contributed by atoms with Gasteiger partial charge in [0.25, 0.3) is 0 Å². The van der Waals surface area contributed by atoms with E-state index < -0.39 is 11.4 Å². The van der Waals surface area contributed by atoms with Crippen molar-refractivity contribution in [1.29, 1.82) is 0 Å². The monoisotopic (exact) mass is 268 g/mol. The summed E-state index contributed by atoms with van der Waals surface area (Å²) >= 11 is 7.53. The molecule has 0 amide bonds. The Morgan fingerprint density at radius 1 is 1.47 bits per heavy atom. The largest absolute Gasteiger partial charge is 0.481 e. The molecule has 0 unspecified atom stereocenters. The van der Waals surface area contributed by atoms with Gasteiger partial charge in [-0.3, -0.25) is 4.79 Å². The first kappa shape index (κ1) is 12.4. The van der Waals surface area contributed by atoms with Crippen LogP contribution < -0.4 is 0 Å². The van der Waals surface area contributed by atoms with Crippen LogP contribution in [0.2, 0.25) is 5.02 Å². The Bertz CT molecular complexity index is 572. The van der Waals surface area contributed by atoms with E-state index in [1.165, 1.54) is 0 Å². The molecule has 0 spiro atoms. The van der Waals surface area contributed by atoms with E-state index in [9.17, 15) is 4.79 Å². The molecule has 0 aliphatic heterocycles. The van der Waals surface area contributed by atoms with Crippen LogP contribution in [0.1, 0.15) is 19.4 Å². The van der Waals surface area contributed by atoms with Gasteiger partial charge in [-0.1, -0.05) is 17.7 Å². The van der Waals surface area contributed by atoms with Crippen LogP contribution in [-0.2, 0) is 11.2 Å². The summed E-state index contributed by atoms with van der Waals surface area (Å²) in [7, 11) is 0. The second-order valence-electron chi connectivity index (χ2n) is 4.77. The Morgan fingerprint density at radius 3 is 2.82 bits per heavy atom. The number of hydrogen-bond donors (Lipinski definition) is 1. The van der Waals surface area contributed by atoms with Crippen LogP contribution in [0.25, 0.3) is 10.1 Å². The summed E-state index contributed by atoms with van der Waals surface area (Å²) in [4.78, 5) is 11.1. The van der Waals surface area contributed by atoms with Crippen LogP contribution >= 0.6 is 22.9 Å². The lowest BCUT2D eigenvalue weighted by Gasteiger charge is -2.18. The molecule has 90 valence electrons. The minimum absolute atomic E-state index is 0.532. The lowest BCUT2D eigenvalue weighted by atomic mass is 9.86. The zero-order chi connectivity index (χ0) is 12.6. The quantitative estimate of drug-likeness (QED) is 0.905. The number of rotatable bonds is 3. The van der Waals surface area contributed by atoms with Crippen LogP contribution in [0.4, 0.5) is 0 Å². The van der Waals surface area contributed by atoms with Crippen LogP contribution in [0.15, 0.2) is 23.6 Å². The molecule has 4 heteroatoms. The van der Waals surface area contributed by atoms with Gasteiger partial charge in [0.05, 0.1) is 5.41 Å². The number of carbonyl (C=O) groups is 1. The van der Waals surface area contributed by atoms with Gasteiger partial charge in [-0.2, -0.15) is 0 Å². The molecule has 0 atom stereocenters. The summed E-state index contributed by atoms with van der Waals surface area (Å²) < 4.78 is 1.11. The molecule has 17 heavy (non-hydrogen) atoms. The average Bonchev–Trinajstić information content (AvgIpc) is 2.60. The Morgan fingerprint density at radius 2 is 2.18 bits per heavy atom. The van der Waals surface area contributed by atoms with E-state index in [1.54, 1.807) is 25.2 Å². The summed E-state index contributed by atoms with van der Waals surface area (Å²) in [5.74, 6) is -0.772. The van der Waals surface area contributed by atoms with Crippen LogP contribution in [0, 0.1) is 5.41 Å². The summed E-state index contributed by atoms with van der Waals surface area (Å²) in [6, 6.07) is 5.72. The maximum Gasteiger partial charge on any atom is 0.309 e. The number of fused-ring (bicyclic) bond motifs is 1. The summed E-state index contributed by atoms with van der Waals surface area (Å²) in [6.45, 7) is 3.49. The fourth-order valence-corrected chi connectivity index (χ4v) is 2.98. The molecule has 1 N–H and O–H groups in total. The maximum absolute atomic E-state index is 11.1. The lowest BCUT2D eigenvalue weighted by Crippen LogP contribution is -2.25. The molecule has 0 saturated carbocycles. The Kier molecular flexibility index (Phi) is 3.15. The first-order chi connectivity index (χ1) is 7.90. The number of thiophene rings is 1. The minimum atomic E-state index is -0.772. The molecule has 0 saturated heterocycles. The fraction of sp³-hybridized carbons (Fsp3) is 0.308. The third-order valence-electron chi connectivity index (χ3n) is 2.83. The van der Waals surface area contributed by atoms with E-state index in [1.807, 2.05) is 23.6 Å². The molecule has 2 rings (SSSR count). The Hall–Kier alpha value is -1.06. The van der Waals surface area contributed by atoms with Crippen molar-refractivity contribution in [3.63, 3.8) is 0 Å². The van der Waals surface area contributed by atoms with Crippen molar-refractivity contribution in [2.75, 3.05) is 0 Å². The molecule has 1 heterocycles. The third-order valence-corrected chi connectivity index (χ3v) is 4.06. The van der Waals surface area contributed by atoms with Gasteiger partial charge in [0, 0.05) is 9.72 Å². The van der Waals surface area contributed by atoms with Gasteiger partial charge in [0.2, 0.25) is 0 Å². The lowest BCUT2D eigenvalue weighted by molar-refractivity contribution is -0.146. The zero-order valence-electron chi connectivity index (χ0n) is 9.66. The summed E-state index contributed by atoms with van der Waals surface area (Å²) in [5.41, 5.74) is 0.335. The molecule has 2 aromatic rings. The van der Waals surface area contributed by atoms with Crippen molar-refractivity contribution >= 4 is 39.0 Å². The second-order valence-corrected chi connectivity index (χ2v) is 6.11. The average molecular weight is 269 g/mol. The molecular formula is C13H13ClO2S. The van der Waals surface area contributed by atoms with E-state index in [0.717, 1.165) is 15.6 Å². The van der Waals surface area contributed by atoms with Crippen molar-refractivity contribution in [2.45, 2.75) is 20.3 Å². The van der Waals surface area contributed by atoms with Gasteiger partial charge in [0.15, 0.2) is 0 Å². The minimum Gasteiger partial charge on any atom is -0.481 e. The number of hydrogen-bond acceptors (Lipinski definition) is 2. The predicted octanol–water partition coefficient (Wildman–Crippen LogP) is 4.21. The molecule has 1 aromatic heterocycles. The van der Waals surface area contributed by atoms with E-state index in [4.69, 9.17) is 16.7 Å².